The average Bonchev–Trinajstić information content (AvgIpc) is 2.66. The minimum absolute atomic E-state index is 0.122. The molecule has 0 aliphatic heterocycles. The fraction of sp³-hybridized carbons (Fsp3) is 0.316. The smallest absolute Gasteiger partial charge is 0.264 e. The van der Waals surface area contributed by atoms with Gasteiger partial charge in [0, 0.05) is 17.2 Å². The first-order chi connectivity index (χ1) is 12.9. The van der Waals surface area contributed by atoms with E-state index in [-0.39, 0.29) is 27.4 Å². The molecule has 0 amide bonds. The van der Waals surface area contributed by atoms with Crippen LogP contribution in [0.5, 0.6) is 5.75 Å². The van der Waals surface area contributed by atoms with Crippen molar-refractivity contribution in [2.24, 2.45) is 0 Å². The summed E-state index contributed by atoms with van der Waals surface area (Å²) < 4.78 is 34.8. The first kappa shape index (κ1) is 19.2. The van der Waals surface area contributed by atoms with E-state index in [0.717, 1.165) is 0 Å². The van der Waals surface area contributed by atoms with Crippen molar-refractivity contribution in [3.05, 3.63) is 51.0 Å². The monoisotopic (exact) mass is 391 g/mol. The number of rotatable bonds is 5. The summed E-state index contributed by atoms with van der Waals surface area (Å²) in [4.78, 5) is 19.5. The number of para-hydroxylation sites is 1. The zero-order chi connectivity index (χ0) is 19.7. The van der Waals surface area contributed by atoms with Crippen molar-refractivity contribution in [2.75, 3.05) is 7.11 Å². The van der Waals surface area contributed by atoms with Crippen LogP contribution in [0, 0.1) is 4.77 Å². The number of alkyl halides is 2. The Bertz CT molecular complexity index is 1110. The van der Waals surface area contributed by atoms with Crippen molar-refractivity contribution in [1.82, 2.24) is 14.5 Å². The van der Waals surface area contributed by atoms with Gasteiger partial charge in [-0.1, -0.05) is 19.1 Å². The second kappa shape index (κ2) is 7.56. The lowest BCUT2D eigenvalue weighted by molar-refractivity contribution is 0.153. The lowest BCUT2D eigenvalue weighted by Gasteiger charge is -2.19. The molecule has 1 aromatic carbocycles. The Morgan fingerprint density at radius 2 is 2.04 bits per heavy atom. The van der Waals surface area contributed by atoms with E-state index in [9.17, 15) is 13.6 Å². The van der Waals surface area contributed by atoms with E-state index in [1.165, 1.54) is 13.2 Å². The number of nitrogens with zero attached hydrogens (tertiary/aromatic N) is 2. The van der Waals surface area contributed by atoms with Gasteiger partial charge < -0.3 is 4.74 Å². The molecule has 3 aromatic rings. The number of aromatic amines is 1. The minimum Gasteiger partial charge on any atom is -0.496 e. The molecule has 0 aliphatic rings. The summed E-state index contributed by atoms with van der Waals surface area (Å²) in [6.45, 7) is 3.84. The lowest BCUT2D eigenvalue weighted by Crippen LogP contribution is -2.19. The van der Waals surface area contributed by atoms with Crippen molar-refractivity contribution in [3.63, 3.8) is 0 Å². The summed E-state index contributed by atoms with van der Waals surface area (Å²) in [6.07, 6.45) is -2.15. The summed E-state index contributed by atoms with van der Waals surface area (Å²) >= 11 is 5.28. The van der Waals surface area contributed by atoms with Gasteiger partial charge in [0.25, 0.3) is 12.0 Å². The third kappa shape index (κ3) is 3.37. The molecule has 0 radical (unpaired) electrons. The van der Waals surface area contributed by atoms with E-state index >= 15 is 0 Å². The highest BCUT2D eigenvalue weighted by molar-refractivity contribution is 7.71. The molecule has 0 saturated heterocycles. The zero-order valence-electron chi connectivity index (χ0n) is 15.1. The molecule has 8 heteroatoms. The number of hydrogen-bond acceptors (Lipinski definition) is 4. The van der Waals surface area contributed by atoms with Crippen LogP contribution in [0.15, 0.2) is 35.1 Å². The van der Waals surface area contributed by atoms with Crippen molar-refractivity contribution in [3.8, 4) is 17.0 Å². The molecule has 1 N–H and O–H groups in total. The van der Waals surface area contributed by atoms with Gasteiger partial charge in [-0.2, -0.15) is 0 Å². The standard InChI is InChI=1S/C19H19F2N3O2S/c1-4-10(2)24-17-15(18(25)23-19(24)27)12(16(20)21)9-13(22-17)11-7-5-6-8-14(11)26-3/h5-10,16H,4H2,1-3H3,(H,23,25,27). The van der Waals surface area contributed by atoms with Crippen LogP contribution in [0.25, 0.3) is 22.3 Å². The molecule has 142 valence electrons. The van der Waals surface area contributed by atoms with Crippen LogP contribution in [0.2, 0.25) is 0 Å². The number of nitrogens with one attached hydrogen (secondary N) is 1. The summed E-state index contributed by atoms with van der Waals surface area (Å²) in [6, 6.07) is 8.13. The van der Waals surface area contributed by atoms with Gasteiger partial charge in [0.1, 0.15) is 11.4 Å². The molecule has 0 fully saturated rings. The number of benzene rings is 1. The van der Waals surface area contributed by atoms with Crippen LogP contribution in [-0.2, 0) is 0 Å². The maximum Gasteiger partial charge on any atom is 0.264 e. The Morgan fingerprint density at radius 3 is 2.67 bits per heavy atom. The molecular weight excluding hydrogens is 372 g/mol. The number of H-pyrrole nitrogens is 1. The van der Waals surface area contributed by atoms with Crippen molar-refractivity contribution < 1.29 is 13.5 Å². The van der Waals surface area contributed by atoms with Gasteiger partial charge in [-0.05, 0) is 43.8 Å². The third-order valence-electron chi connectivity index (χ3n) is 4.57. The second-order valence-corrected chi connectivity index (χ2v) is 6.57. The largest absolute Gasteiger partial charge is 0.496 e. The predicted molar refractivity (Wildman–Crippen MR) is 103 cm³/mol. The Hall–Kier alpha value is -2.61. The molecule has 3 rings (SSSR count). The van der Waals surface area contributed by atoms with E-state index in [2.05, 4.69) is 9.97 Å². The van der Waals surface area contributed by atoms with Crippen LogP contribution < -0.4 is 10.3 Å². The van der Waals surface area contributed by atoms with Crippen LogP contribution in [0.3, 0.4) is 0 Å². The van der Waals surface area contributed by atoms with Crippen molar-refractivity contribution in [1.29, 1.82) is 0 Å². The number of ether oxygens (including phenoxy) is 1. The minimum atomic E-state index is -2.84. The first-order valence-corrected chi connectivity index (χ1v) is 8.90. The lowest BCUT2D eigenvalue weighted by atomic mass is 10.1. The second-order valence-electron chi connectivity index (χ2n) is 6.18. The first-order valence-electron chi connectivity index (χ1n) is 8.50. The predicted octanol–water partition coefficient (Wildman–Crippen LogP) is 5.04. The van der Waals surface area contributed by atoms with Crippen LogP contribution in [0.1, 0.15) is 38.3 Å². The Kier molecular flexibility index (Phi) is 5.36. The van der Waals surface area contributed by atoms with E-state index in [0.29, 0.717) is 23.4 Å². The summed E-state index contributed by atoms with van der Waals surface area (Å²) in [5, 5.41) is -0.141. The van der Waals surface area contributed by atoms with Gasteiger partial charge in [-0.25, -0.2) is 13.8 Å². The van der Waals surface area contributed by atoms with Crippen LogP contribution >= 0.6 is 12.2 Å². The van der Waals surface area contributed by atoms with Gasteiger partial charge in [0.05, 0.1) is 18.2 Å². The van der Waals surface area contributed by atoms with Crippen molar-refractivity contribution in [2.45, 2.75) is 32.7 Å². The number of fused-ring (bicyclic) bond motifs is 1. The van der Waals surface area contributed by atoms with E-state index in [4.69, 9.17) is 17.0 Å². The van der Waals surface area contributed by atoms with Crippen LogP contribution in [-0.4, -0.2) is 21.6 Å². The maximum atomic E-state index is 13.8. The molecule has 2 heterocycles. The van der Waals surface area contributed by atoms with Gasteiger partial charge in [-0.15, -0.1) is 0 Å². The van der Waals surface area contributed by atoms with Gasteiger partial charge in [0.2, 0.25) is 0 Å². The third-order valence-corrected chi connectivity index (χ3v) is 4.87. The van der Waals surface area contributed by atoms with Gasteiger partial charge in [0.15, 0.2) is 4.77 Å². The molecule has 0 aliphatic carbocycles. The number of hydrogen-bond donors (Lipinski definition) is 1. The van der Waals surface area contributed by atoms with E-state index < -0.39 is 12.0 Å². The SMILES string of the molecule is CCC(C)n1c(=S)[nH]c(=O)c2c(C(F)F)cc(-c3ccccc3OC)nc21. The quantitative estimate of drug-likeness (QED) is 0.619. The summed E-state index contributed by atoms with van der Waals surface area (Å²) in [5.41, 5.74) is -0.0343. The fourth-order valence-corrected chi connectivity index (χ4v) is 3.39. The molecule has 0 saturated carbocycles. The van der Waals surface area contributed by atoms with Gasteiger partial charge in [-0.3, -0.25) is 14.3 Å². The average molecular weight is 391 g/mol. The number of halogens is 2. The molecule has 1 atom stereocenters. The molecule has 27 heavy (non-hydrogen) atoms. The highest BCUT2D eigenvalue weighted by Gasteiger charge is 2.22. The topological polar surface area (TPSA) is 59.9 Å². The molecule has 0 spiro atoms. The number of methoxy groups -OCH3 is 1. The Labute approximate surface area is 159 Å². The van der Waals surface area contributed by atoms with Crippen LogP contribution in [0.4, 0.5) is 8.78 Å². The molecule has 0 bridgehead atoms. The Morgan fingerprint density at radius 1 is 1.33 bits per heavy atom. The highest BCUT2D eigenvalue weighted by atomic mass is 32.1. The number of aromatic nitrogens is 3. The summed E-state index contributed by atoms with van der Waals surface area (Å²) in [7, 11) is 1.50. The fourth-order valence-electron chi connectivity index (χ4n) is 3.03. The number of pyridine rings is 1. The molecule has 5 nitrogen and oxygen atoms in total. The molecule has 2 aromatic heterocycles. The molecular formula is C19H19F2N3O2S. The maximum absolute atomic E-state index is 13.8. The van der Waals surface area contributed by atoms with E-state index in [1.807, 2.05) is 13.8 Å². The Balaban J connectivity index is 2.49. The molecule has 1 unspecified atom stereocenters. The highest BCUT2D eigenvalue weighted by Crippen LogP contribution is 2.34. The zero-order valence-corrected chi connectivity index (χ0v) is 15.9. The summed E-state index contributed by atoms with van der Waals surface area (Å²) in [5.74, 6) is 0.503. The van der Waals surface area contributed by atoms with E-state index in [1.54, 1.807) is 28.8 Å². The van der Waals surface area contributed by atoms with Crippen molar-refractivity contribution >= 4 is 23.3 Å². The van der Waals surface area contributed by atoms with Gasteiger partial charge >= 0.3 is 0 Å². The normalized spacial score (nSPS) is 12.5.